The molecular weight excluding hydrogens is 374 g/mol. The number of amides is 2. The standard InChI is InChI=1S/C20H25N5O4/c1-3-29-20(27)25-12-9-15(10-13-25)22-18(26)17-8-11-21-19(24-17)23-14-4-6-16(28-2)7-5-14/h4-8,11,15H,3,9-10,12-13H2,1-2H3,(H,22,26)(H,21,23,24). The van der Waals surface area contributed by atoms with Crippen LogP contribution < -0.4 is 15.4 Å². The molecule has 0 saturated carbocycles. The molecule has 3 rings (SSSR count). The highest BCUT2D eigenvalue weighted by Crippen LogP contribution is 2.18. The maximum atomic E-state index is 12.6. The van der Waals surface area contributed by atoms with Gasteiger partial charge in [-0.1, -0.05) is 0 Å². The number of likely N-dealkylation sites (tertiary alicyclic amines) is 1. The zero-order valence-corrected chi connectivity index (χ0v) is 16.6. The topological polar surface area (TPSA) is 106 Å². The predicted octanol–water partition coefficient (Wildman–Crippen LogP) is 2.58. The number of anilines is 2. The van der Waals surface area contributed by atoms with Gasteiger partial charge in [0.2, 0.25) is 5.95 Å². The summed E-state index contributed by atoms with van der Waals surface area (Å²) in [5.41, 5.74) is 1.07. The van der Waals surface area contributed by atoms with Crippen LogP contribution in [0.2, 0.25) is 0 Å². The van der Waals surface area contributed by atoms with Gasteiger partial charge < -0.3 is 25.0 Å². The highest BCUT2D eigenvalue weighted by Gasteiger charge is 2.25. The number of ether oxygens (including phenoxy) is 2. The molecule has 0 atom stereocenters. The smallest absolute Gasteiger partial charge is 0.409 e. The second-order valence-electron chi connectivity index (χ2n) is 6.55. The number of hydrogen-bond acceptors (Lipinski definition) is 7. The number of aromatic nitrogens is 2. The first-order chi connectivity index (χ1) is 14.1. The number of benzene rings is 1. The van der Waals surface area contributed by atoms with E-state index in [1.807, 2.05) is 24.3 Å². The Kier molecular flexibility index (Phi) is 6.83. The summed E-state index contributed by atoms with van der Waals surface area (Å²) in [6.07, 6.45) is 2.58. The summed E-state index contributed by atoms with van der Waals surface area (Å²) < 4.78 is 10.1. The summed E-state index contributed by atoms with van der Waals surface area (Å²) in [5.74, 6) is 0.818. The van der Waals surface area contributed by atoms with E-state index in [-0.39, 0.29) is 23.7 Å². The van der Waals surface area contributed by atoms with Crippen molar-refractivity contribution in [3.63, 3.8) is 0 Å². The van der Waals surface area contributed by atoms with Crippen LogP contribution in [0.25, 0.3) is 0 Å². The molecule has 0 unspecified atom stereocenters. The normalized spacial score (nSPS) is 14.2. The van der Waals surface area contributed by atoms with Gasteiger partial charge in [0.1, 0.15) is 11.4 Å². The van der Waals surface area contributed by atoms with E-state index in [1.54, 1.807) is 25.0 Å². The Morgan fingerprint density at radius 1 is 1.17 bits per heavy atom. The SMILES string of the molecule is CCOC(=O)N1CCC(NC(=O)c2ccnc(Nc3ccc(OC)cc3)n2)CC1. The molecule has 1 aromatic carbocycles. The molecule has 0 aliphatic carbocycles. The molecule has 2 heterocycles. The van der Waals surface area contributed by atoms with Crippen LogP contribution in [0.4, 0.5) is 16.4 Å². The number of hydrogen-bond donors (Lipinski definition) is 2. The van der Waals surface area contributed by atoms with Gasteiger partial charge in [0.15, 0.2) is 0 Å². The van der Waals surface area contributed by atoms with Gasteiger partial charge in [-0.3, -0.25) is 4.79 Å². The molecule has 2 N–H and O–H groups in total. The minimum absolute atomic E-state index is 0.0128. The lowest BCUT2D eigenvalue weighted by atomic mass is 10.1. The Balaban J connectivity index is 1.55. The summed E-state index contributed by atoms with van der Waals surface area (Å²) >= 11 is 0. The van der Waals surface area contributed by atoms with Gasteiger partial charge in [-0.05, 0) is 50.1 Å². The molecule has 0 radical (unpaired) electrons. The zero-order chi connectivity index (χ0) is 20.6. The lowest BCUT2D eigenvalue weighted by Crippen LogP contribution is -2.46. The average Bonchev–Trinajstić information content (AvgIpc) is 2.75. The van der Waals surface area contributed by atoms with E-state index in [1.165, 1.54) is 6.20 Å². The zero-order valence-electron chi connectivity index (χ0n) is 16.6. The fourth-order valence-corrected chi connectivity index (χ4v) is 3.03. The quantitative estimate of drug-likeness (QED) is 0.769. The van der Waals surface area contributed by atoms with Crippen LogP contribution >= 0.6 is 0 Å². The fraction of sp³-hybridized carbons (Fsp3) is 0.400. The number of nitrogens with one attached hydrogen (secondary N) is 2. The maximum Gasteiger partial charge on any atom is 0.409 e. The summed E-state index contributed by atoms with van der Waals surface area (Å²) in [4.78, 5) is 34.4. The molecule has 1 aliphatic heterocycles. The Morgan fingerprint density at radius 2 is 1.90 bits per heavy atom. The van der Waals surface area contributed by atoms with E-state index in [0.717, 1.165) is 11.4 Å². The van der Waals surface area contributed by atoms with Gasteiger partial charge in [-0.2, -0.15) is 0 Å². The number of carbonyl (C=O) groups excluding carboxylic acids is 2. The Bertz CT molecular complexity index is 835. The molecule has 2 aromatic rings. The van der Waals surface area contributed by atoms with Gasteiger partial charge >= 0.3 is 6.09 Å². The van der Waals surface area contributed by atoms with Gasteiger partial charge in [0.25, 0.3) is 5.91 Å². The van der Waals surface area contributed by atoms with Crippen LogP contribution in [0.5, 0.6) is 5.75 Å². The number of piperidine rings is 1. The molecule has 29 heavy (non-hydrogen) atoms. The van der Waals surface area contributed by atoms with E-state index in [4.69, 9.17) is 9.47 Å². The molecule has 9 nitrogen and oxygen atoms in total. The summed E-state index contributed by atoms with van der Waals surface area (Å²) in [6, 6.07) is 8.88. The number of carbonyl (C=O) groups is 2. The molecule has 154 valence electrons. The second-order valence-corrected chi connectivity index (χ2v) is 6.55. The highest BCUT2D eigenvalue weighted by molar-refractivity contribution is 5.92. The first-order valence-corrected chi connectivity index (χ1v) is 9.55. The Labute approximate surface area is 169 Å². The van der Waals surface area contributed by atoms with Crippen molar-refractivity contribution in [2.45, 2.75) is 25.8 Å². The molecule has 1 aliphatic rings. The van der Waals surface area contributed by atoms with Crippen LogP contribution in [-0.4, -0.2) is 59.7 Å². The molecule has 9 heteroatoms. The molecular formula is C20H25N5O4. The van der Waals surface area contributed by atoms with Gasteiger partial charge in [0, 0.05) is 31.0 Å². The number of methoxy groups -OCH3 is 1. The van der Waals surface area contributed by atoms with E-state index in [2.05, 4.69) is 20.6 Å². The molecule has 2 amide bonds. The number of nitrogens with zero attached hydrogens (tertiary/aromatic N) is 3. The first kappa shape index (κ1) is 20.4. The lowest BCUT2D eigenvalue weighted by Gasteiger charge is -2.31. The minimum atomic E-state index is -0.303. The lowest BCUT2D eigenvalue weighted by molar-refractivity contribution is 0.0856. The van der Waals surface area contributed by atoms with E-state index in [0.29, 0.717) is 38.5 Å². The second kappa shape index (κ2) is 9.72. The largest absolute Gasteiger partial charge is 0.497 e. The molecule has 1 aromatic heterocycles. The molecule has 0 bridgehead atoms. The third-order valence-corrected chi connectivity index (χ3v) is 4.59. The third kappa shape index (κ3) is 5.56. The van der Waals surface area contributed by atoms with Gasteiger partial charge in [-0.15, -0.1) is 0 Å². The summed E-state index contributed by atoms with van der Waals surface area (Å²) in [5, 5.41) is 6.05. The van der Waals surface area contributed by atoms with E-state index in [9.17, 15) is 9.59 Å². The predicted molar refractivity (Wildman–Crippen MR) is 107 cm³/mol. The highest BCUT2D eigenvalue weighted by atomic mass is 16.6. The molecule has 0 spiro atoms. The van der Waals surface area contributed by atoms with Crippen molar-refractivity contribution in [2.24, 2.45) is 0 Å². The summed E-state index contributed by atoms with van der Waals surface area (Å²) in [7, 11) is 1.61. The van der Waals surface area contributed by atoms with Crippen LogP contribution in [0.15, 0.2) is 36.5 Å². The van der Waals surface area contributed by atoms with Crippen molar-refractivity contribution >= 4 is 23.6 Å². The van der Waals surface area contributed by atoms with E-state index < -0.39 is 0 Å². The Morgan fingerprint density at radius 3 is 2.55 bits per heavy atom. The van der Waals surface area contributed by atoms with Crippen molar-refractivity contribution in [3.05, 3.63) is 42.2 Å². The van der Waals surface area contributed by atoms with Crippen molar-refractivity contribution in [3.8, 4) is 5.75 Å². The fourth-order valence-electron chi connectivity index (χ4n) is 3.03. The molecule has 1 saturated heterocycles. The average molecular weight is 399 g/mol. The van der Waals surface area contributed by atoms with Crippen LogP contribution in [0.1, 0.15) is 30.3 Å². The van der Waals surface area contributed by atoms with E-state index >= 15 is 0 Å². The maximum absolute atomic E-state index is 12.6. The first-order valence-electron chi connectivity index (χ1n) is 9.55. The van der Waals surface area contributed by atoms with Crippen molar-refractivity contribution in [2.75, 3.05) is 32.1 Å². The minimum Gasteiger partial charge on any atom is -0.497 e. The molecule has 1 fully saturated rings. The monoisotopic (exact) mass is 399 g/mol. The van der Waals surface area contributed by atoms with Crippen LogP contribution in [0, 0.1) is 0 Å². The van der Waals surface area contributed by atoms with Crippen LogP contribution in [-0.2, 0) is 4.74 Å². The van der Waals surface area contributed by atoms with Crippen molar-refractivity contribution in [1.29, 1.82) is 0 Å². The van der Waals surface area contributed by atoms with Crippen molar-refractivity contribution in [1.82, 2.24) is 20.2 Å². The Hall–Kier alpha value is -3.36. The van der Waals surface area contributed by atoms with Gasteiger partial charge in [0.05, 0.1) is 13.7 Å². The third-order valence-electron chi connectivity index (χ3n) is 4.59. The van der Waals surface area contributed by atoms with Gasteiger partial charge in [-0.25, -0.2) is 14.8 Å². The van der Waals surface area contributed by atoms with Crippen molar-refractivity contribution < 1.29 is 19.1 Å². The summed E-state index contributed by atoms with van der Waals surface area (Å²) in [6.45, 7) is 3.25. The van der Waals surface area contributed by atoms with Crippen LogP contribution in [0.3, 0.4) is 0 Å². The number of rotatable bonds is 6.